The molecule has 122 valence electrons. The zero-order valence-electron chi connectivity index (χ0n) is 13.1. The number of nitrogens with zero attached hydrogens (tertiary/aromatic N) is 1. The van der Waals surface area contributed by atoms with Crippen molar-refractivity contribution in [1.82, 2.24) is 15.5 Å². The van der Waals surface area contributed by atoms with Crippen LogP contribution >= 0.6 is 0 Å². The molecule has 0 fully saturated rings. The van der Waals surface area contributed by atoms with Crippen molar-refractivity contribution < 1.29 is 19.2 Å². The van der Waals surface area contributed by atoms with Crippen LogP contribution in [0, 0.1) is 0 Å². The van der Waals surface area contributed by atoms with Gasteiger partial charge >= 0.3 is 0 Å². The SMILES string of the molecule is CC(C)NC(=O)CCCCNC(=O)CCN1C(=O)C=CC1=O. The summed E-state index contributed by atoms with van der Waals surface area (Å²) in [5, 5.41) is 5.51. The summed E-state index contributed by atoms with van der Waals surface area (Å²) in [6, 6.07) is 0.137. The van der Waals surface area contributed by atoms with E-state index < -0.39 is 0 Å². The second-order valence-electron chi connectivity index (χ2n) is 5.44. The molecule has 4 amide bonds. The highest BCUT2D eigenvalue weighted by Gasteiger charge is 2.23. The number of rotatable bonds is 9. The third kappa shape index (κ3) is 6.51. The van der Waals surface area contributed by atoms with E-state index in [2.05, 4.69) is 10.6 Å². The summed E-state index contributed by atoms with van der Waals surface area (Å²) in [4.78, 5) is 46.6. The third-order valence-electron chi connectivity index (χ3n) is 3.07. The monoisotopic (exact) mass is 309 g/mol. The molecule has 0 saturated heterocycles. The number of nitrogens with one attached hydrogen (secondary N) is 2. The third-order valence-corrected chi connectivity index (χ3v) is 3.07. The van der Waals surface area contributed by atoms with Crippen molar-refractivity contribution in [3.63, 3.8) is 0 Å². The van der Waals surface area contributed by atoms with Gasteiger partial charge in [-0.3, -0.25) is 24.1 Å². The van der Waals surface area contributed by atoms with E-state index in [1.165, 1.54) is 12.2 Å². The molecule has 0 spiro atoms. The second kappa shape index (κ2) is 8.96. The van der Waals surface area contributed by atoms with E-state index in [-0.39, 0.29) is 42.6 Å². The van der Waals surface area contributed by atoms with Gasteiger partial charge in [0.15, 0.2) is 0 Å². The predicted octanol–water partition coefficient (Wildman–Crippen LogP) is 0.113. The fourth-order valence-corrected chi connectivity index (χ4v) is 1.99. The minimum Gasteiger partial charge on any atom is -0.356 e. The predicted molar refractivity (Wildman–Crippen MR) is 80.6 cm³/mol. The van der Waals surface area contributed by atoms with Crippen LogP contribution in [-0.2, 0) is 19.2 Å². The van der Waals surface area contributed by atoms with Gasteiger partial charge in [-0.1, -0.05) is 0 Å². The molecule has 1 aliphatic rings. The number of imide groups is 1. The van der Waals surface area contributed by atoms with Gasteiger partial charge in [-0.2, -0.15) is 0 Å². The molecule has 7 heteroatoms. The van der Waals surface area contributed by atoms with E-state index in [0.29, 0.717) is 25.8 Å². The number of amides is 4. The van der Waals surface area contributed by atoms with E-state index in [4.69, 9.17) is 0 Å². The zero-order valence-corrected chi connectivity index (χ0v) is 13.1. The van der Waals surface area contributed by atoms with Crippen LogP contribution in [0.5, 0.6) is 0 Å². The summed E-state index contributed by atoms with van der Waals surface area (Å²) in [7, 11) is 0. The lowest BCUT2D eigenvalue weighted by Crippen LogP contribution is -2.35. The first kappa shape index (κ1) is 17.9. The molecule has 7 nitrogen and oxygen atoms in total. The van der Waals surface area contributed by atoms with Gasteiger partial charge in [0.05, 0.1) is 0 Å². The molecule has 0 aromatic carbocycles. The van der Waals surface area contributed by atoms with Crippen LogP contribution in [0.1, 0.15) is 39.5 Å². The number of unbranched alkanes of at least 4 members (excludes halogenated alkanes) is 1. The standard InChI is InChI=1S/C15H23N3O4/c1-11(2)17-13(20)5-3-4-9-16-12(19)8-10-18-14(21)6-7-15(18)22/h6-7,11H,3-5,8-10H2,1-2H3,(H,16,19)(H,17,20). The van der Waals surface area contributed by atoms with Crippen molar-refractivity contribution >= 4 is 23.6 Å². The minimum absolute atomic E-state index is 0.0138. The summed E-state index contributed by atoms with van der Waals surface area (Å²) in [6.07, 6.45) is 4.33. The molecule has 0 bridgehead atoms. The van der Waals surface area contributed by atoms with Crippen molar-refractivity contribution in [3.8, 4) is 0 Å². The maximum absolute atomic E-state index is 11.6. The molecule has 1 aliphatic heterocycles. The van der Waals surface area contributed by atoms with Crippen LogP contribution in [0.4, 0.5) is 0 Å². The van der Waals surface area contributed by atoms with Gasteiger partial charge in [0.25, 0.3) is 11.8 Å². The Kier molecular flexibility index (Phi) is 7.28. The Bertz CT molecular complexity index is 453. The van der Waals surface area contributed by atoms with Crippen molar-refractivity contribution in [2.24, 2.45) is 0 Å². The lowest BCUT2D eigenvalue weighted by atomic mass is 10.2. The van der Waals surface area contributed by atoms with Crippen LogP contribution in [0.25, 0.3) is 0 Å². The van der Waals surface area contributed by atoms with Gasteiger partial charge in [0, 0.05) is 44.1 Å². The summed E-state index contributed by atoms with van der Waals surface area (Å²) in [5.74, 6) is -0.957. The van der Waals surface area contributed by atoms with Crippen LogP contribution in [-0.4, -0.2) is 47.7 Å². The van der Waals surface area contributed by atoms with E-state index in [1.54, 1.807) is 0 Å². The largest absolute Gasteiger partial charge is 0.356 e. The van der Waals surface area contributed by atoms with E-state index >= 15 is 0 Å². The molecule has 0 unspecified atom stereocenters. The highest BCUT2D eigenvalue weighted by molar-refractivity contribution is 6.13. The molecule has 0 aromatic rings. The molecule has 1 rings (SSSR count). The molecule has 1 heterocycles. The van der Waals surface area contributed by atoms with E-state index in [1.807, 2.05) is 13.8 Å². The summed E-state index contributed by atoms with van der Waals surface area (Å²) in [5.41, 5.74) is 0. The minimum atomic E-state index is -0.381. The number of carbonyl (C=O) groups is 4. The van der Waals surface area contributed by atoms with Gasteiger partial charge in [-0.25, -0.2) is 0 Å². The molecule has 0 atom stereocenters. The molecular formula is C15H23N3O4. The smallest absolute Gasteiger partial charge is 0.253 e. The Morgan fingerprint density at radius 1 is 1.05 bits per heavy atom. The van der Waals surface area contributed by atoms with Crippen LogP contribution < -0.4 is 10.6 Å². The van der Waals surface area contributed by atoms with E-state index in [9.17, 15) is 19.2 Å². The van der Waals surface area contributed by atoms with Gasteiger partial charge in [0.1, 0.15) is 0 Å². The summed E-state index contributed by atoms with van der Waals surface area (Å²) >= 11 is 0. The van der Waals surface area contributed by atoms with Gasteiger partial charge in [0.2, 0.25) is 11.8 Å². The maximum Gasteiger partial charge on any atom is 0.253 e. The first-order valence-electron chi connectivity index (χ1n) is 7.49. The van der Waals surface area contributed by atoms with Crippen LogP contribution in [0.2, 0.25) is 0 Å². The molecule has 22 heavy (non-hydrogen) atoms. The highest BCUT2D eigenvalue weighted by atomic mass is 16.2. The number of hydrogen-bond donors (Lipinski definition) is 2. The van der Waals surface area contributed by atoms with E-state index in [0.717, 1.165) is 4.90 Å². The normalized spacial score (nSPS) is 13.9. The first-order chi connectivity index (χ1) is 10.4. The second-order valence-corrected chi connectivity index (χ2v) is 5.44. The highest BCUT2D eigenvalue weighted by Crippen LogP contribution is 2.04. The topological polar surface area (TPSA) is 95.6 Å². The fraction of sp³-hybridized carbons (Fsp3) is 0.600. The number of hydrogen-bond acceptors (Lipinski definition) is 4. The number of carbonyl (C=O) groups excluding carboxylic acids is 4. The average Bonchev–Trinajstić information content (AvgIpc) is 2.74. The van der Waals surface area contributed by atoms with Gasteiger partial charge in [-0.15, -0.1) is 0 Å². The van der Waals surface area contributed by atoms with Crippen molar-refractivity contribution in [2.75, 3.05) is 13.1 Å². The summed E-state index contributed by atoms with van der Waals surface area (Å²) < 4.78 is 0. The van der Waals surface area contributed by atoms with Crippen LogP contribution in [0.3, 0.4) is 0 Å². The molecule has 0 aromatic heterocycles. The quantitative estimate of drug-likeness (QED) is 0.467. The fourth-order valence-electron chi connectivity index (χ4n) is 1.99. The van der Waals surface area contributed by atoms with Gasteiger partial charge in [-0.05, 0) is 26.7 Å². The maximum atomic E-state index is 11.6. The van der Waals surface area contributed by atoms with Crippen molar-refractivity contribution in [3.05, 3.63) is 12.2 Å². The Morgan fingerprint density at radius 3 is 2.27 bits per heavy atom. The average molecular weight is 309 g/mol. The molecule has 0 radical (unpaired) electrons. The summed E-state index contributed by atoms with van der Waals surface area (Å²) in [6.45, 7) is 4.38. The lowest BCUT2D eigenvalue weighted by molar-refractivity contribution is -0.137. The lowest BCUT2D eigenvalue weighted by Gasteiger charge is -2.13. The first-order valence-corrected chi connectivity index (χ1v) is 7.49. The molecular weight excluding hydrogens is 286 g/mol. The molecule has 2 N–H and O–H groups in total. The van der Waals surface area contributed by atoms with Crippen LogP contribution in [0.15, 0.2) is 12.2 Å². The Morgan fingerprint density at radius 2 is 1.68 bits per heavy atom. The Labute approximate surface area is 130 Å². The molecule has 0 saturated carbocycles. The van der Waals surface area contributed by atoms with Crippen molar-refractivity contribution in [1.29, 1.82) is 0 Å². The van der Waals surface area contributed by atoms with Gasteiger partial charge < -0.3 is 10.6 Å². The zero-order chi connectivity index (χ0) is 16.5. The van der Waals surface area contributed by atoms with Crippen molar-refractivity contribution in [2.45, 2.75) is 45.6 Å². The molecule has 0 aliphatic carbocycles. The Hall–Kier alpha value is -2.18. The Balaban J connectivity index is 2.05.